The van der Waals surface area contributed by atoms with E-state index in [1.807, 2.05) is 0 Å². The number of hydrogen-bond donors (Lipinski definition) is 1. The zero-order valence-electron chi connectivity index (χ0n) is 11.3. The van der Waals surface area contributed by atoms with Crippen LogP contribution in [-0.4, -0.2) is 49.7 Å². The van der Waals surface area contributed by atoms with E-state index in [4.69, 9.17) is 4.74 Å². The van der Waals surface area contributed by atoms with Gasteiger partial charge in [-0.2, -0.15) is 0 Å². The number of rotatable bonds is 1. The van der Waals surface area contributed by atoms with Crippen molar-refractivity contribution < 1.29 is 9.53 Å². The SMILES string of the molecule is CC1CN(C(=O)C2CC23CCNCC3)CCCO1. The molecule has 0 aromatic carbocycles. The highest BCUT2D eigenvalue weighted by Gasteiger charge is 2.58. The van der Waals surface area contributed by atoms with Crippen LogP contribution in [0.25, 0.3) is 0 Å². The third-order valence-electron chi connectivity index (χ3n) is 4.85. The Labute approximate surface area is 109 Å². The van der Waals surface area contributed by atoms with Crippen LogP contribution in [0.5, 0.6) is 0 Å². The predicted octanol–water partition coefficient (Wildman–Crippen LogP) is 1.01. The largest absolute Gasteiger partial charge is 0.377 e. The molecule has 0 aromatic rings. The van der Waals surface area contributed by atoms with E-state index < -0.39 is 0 Å². The number of nitrogens with one attached hydrogen (secondary N) is 1. The van der Waals surface area contributed by atoms with E-state index in [2.05, 4.69) is 17.1 Å². The van der Waals surface area contributed by atoms with E-state index in [1.54, 1.807) is 0 Å². The number of carbonyl (C=O) groups excluding carboxylic acids is 1. The minimum absolute atomic E-state index is 0.194. The van der Waals surface area contributed by atoms with Crippen LogP contribution < -0.4 is 5.32 Å². The van der Waals surface area contributed by atoms with E-state index in [9.17, 15) is 4.79 Å². The monoisotopic (exact) mass is 252 g/mol. The van der Waals surface area contributed by atoms with Gasteiger partial charge in [-0.1, -0.05) is 0 Å². The van der Waals surface area contributed by atoms with Crippen molar-refractivity contribution in [2.75, 3.05) is 32.8 Å². The molecule has 4 nitrogen and oxygen atoms in total. The summed E-state index contributed by atoms with van der Waals surface area (Å²) in [5, 5.41) is 3.39. The molecule has 1 amide bonds. The first-order valence-corrected chi connectivity index (χ1v) is 7.32. The number of piperidine rings is 1. The molecule has 3 fully saturated rings. The summed E-state index contributed by atoms with van der Waals surface area (Å²) < 4.78 is 5.62. The minimum atomic E-state index is 0.194. The van der Waals surface area contributed by atoms with Crippen LogP contribution in [0.2, 0.25) is 0 Å². The topological polar surface area (TPSA) is 41.6 Å². The van der Waals surface area contributed by atoms with Gasteiger partial charge in [0, 0.05) is 25.6 Å². The van der Waals surface area contributed by atoms with E-state index in [1.165, 1.54) is 12.8 Å². The number of nitrogens with zero attached hydrogens (tertiary/aromatic N) is 1. The molecule has 1 aliphatic carbocycles. The van der Waals surface area contributed by atoms with Crippen LogP contribution in [-0.2, 0) is 9.53 Å². The van der Waals surface area contributed by atoms with Gasteiger partial charge >= 0.3 is 0 Å². The first-order chi connectivity index (χ1) is 8.71. The highest BCUT2D eigenvalue weighted by Crippen LogP contribution is 2.59. The van der Waals surface area contributed by atoms with E-state index >= 15 is 0 Å². The average molecular weight is 252 g/mol. The van der Waals surface area contributed by atoms with Gasteiger partial charge in [-0.3, -0.25) is 4.79 Å². The van der Waals surface area contributed by atoms with Gasteiger partial charge in [-0.25, -0.2) is 0 Å². The van der Waals surface area contributed by atoms with Crippen molar-refractivity contribution in [1.29, 1.82) is 0 Å². The van der Waals surface area contributed by atoms with Gasteiger partial charge in [0.1, 0.15) is 0 Å². The highest BCUT2D eigenvalue weighted by atomic mass is 16.5. The lowest BCUT2D eigenvalue weighted by atomic mass is 9.91. The Kier molecular flexibility index (Phi) is 3.32. The smallest absolute Gasteiger partial charge is 0.226 e. The van der Waals surface area contributed by atoms with Gasteiger partial charge in [0.05, 0.1) is 6.10 Å². The Bertz CT molecular complexity index is 326. The Balaban J connectivity index is 1.61. The van der Waals surface area contributed by atoms with Crippen molar-refractivity contribution in [3.05, 3.63) is 0 Å². The summed E-state index contributed by atoms with van der Waals surface area (Å²) in [5.74, 6) is 0.708. The zero-order valence-corrected chi connectivity index (χ0v) is 11.3. The van der Waals surface area contributed by atoms with Crippen molar-refractivity contribution in [3.63, 3.8) is 0 Å². The average Bonchev–Trinajstić information content (AvgIpc) is 3.10. The van der Waals surface area contributed by atoms with Crippen LogP contribution in [0, 0.1) is 11.3 Å². The molecular formula is C14H24N2O2. The predicted molar refractivity (Wildman–Crippen MR) is 69.3 cm³/mol. The second-order valence-corrected chi connectivity index (χ2v) is 6.19. The van der Waals surface area contributed by atoms with Gasteiger partial charge in [0.25, 0.3) is 0 Å². The number of amides is 1. The van der Waals surface area contributed by atoms with Gasteiger partial charge in [-0.15, -0.1) is 0 Å². The maximum atomic E-state index is 12.6. The first kappa shape index (κ1) is 12.4. The summed E-state index contributed by atoms with van der Waals surface area (Å²) in [4.78, 5) is 14.6. The van der Waals surface area contributed by atoms with Crippen LogP contribution in [0.4, 0.5) is 0 Å². The summed E-state index contributed by atoms with van der Waals surface area (Å²) in [6.07, 6.45) is 4.67. The lowest BCUT2D eigenvalue weighted by Gasteiger charge is -2.27. The third kappa shape index (κ3) is 2.28. The van der Waals surface area contributed by atoms with Gasteiger partial charge < -0.3 is 15.0 Å². The van der Waals surface area contributed by atoms with Crippen molar-refractivity contribution >= 4 is 5.91 Å². The fourth-order valence-corrected chi connectivity index (χ4v) is 3.59. The molecule has 0 aromatic heterocycles. The second kappa shape index (κ2) is 4.82. The molecule has 4 heteroatoms. The van der Waals surface area contributed by atoms with Crippen molar-refractivity contribution in [2.45, 2.75) is 38.7 Å². The quantitative estimate of drug-likeness (QED) is 0.757. The van der Waals surface area contributed by atoms with Gasteiger partial charge in [0.15, 0.2) is 0 Å². The molecular weight excluding hydrogens is 228 g/mol. The summed E-state index contributed by atoms with van der Waals surface area (Å²) in [5.41, 5.74) is 0.360. The molecule has 3 aliphatic rings. The van der Waals surface area contributed by atoms with Crippen molar-refractivity contribution in [3.8, 4) is 0 Å². The van der Waals surface area contributed by atoms with Crippen molar-refractivity contribution in [1.82, 2.24) is 10.2 Å². The molecule has 2 atom stereocenters. The minimum Gasteiger partial charge on any atom is -0.377 e. The van der Waals surface area contributed by atoms with Crippen LogP contribution >= 0.6 is 0 Å². The number of carbonyl (C=O) groups is 1. The molecule has 2 saturated heterocycles. The fourth-order valence-electron chi connectivity index (χ4n) is 3.59. The highest BCUT2D eigenvalue weighted by molar-refractivity contribution is 5.82. The molecule has 2 aliphatic heterocycles. The lowest BCUT2D eigenvalue weighted by Crippen LogP contribution is -2.39. The molecule has 0 radical (unpaired) electrons. The zero-order chi connectivity index (χ0) is 12.6. The summed E-state index contributed by atoms with van der Waals surface area (Å²) in [6, 6.07) is 0. The van der Waals surface area contributed by atoms with Crippen LogP contribution in [0.1, 0.15) is 32.6 Å². The lowest BCUT2D eigenvalue weighted by molar-refractivity contribution is -0.134. The van der Waals surface area contributed by atoms with E-state index in [-0.39, 0.29) is 6.10 Å². The fraction of sp³-hybridized carbons (Fsp3) is 0.929. The summed E-state index contributed by atoms with van der Waals surface area (Å²) in [7, 11) is 0. The molecule has 1 spiro atoms. The number of hydrogen-bond acceptors (Lipinski definition) is 3. The van der Waals surface area contributed by atoms with Crippen molar-refractivity contribution in [2.24, 2.45) is 11.3 Å². The van der Waals surface area contributed by atoms with Crippen LogP contribution in [0.15, 0.2) is 0 Å². The molecule has 2 unspecified atom stereocenters. The Morgan fingerprint density at radius 3 is 2.94 bits per heavy atom. The normalized spacial score (nSPS) is 35.3. The molecule has 3 rings (SSSR count). The first-order valence-electron chi connectivity index (χ1n) is 7.32. The maximum absolute atomic E-state index is 12.6. The van der Waals surface area contributed by atoms with E-state index in [0.29, 0.717) is 17.2 Å². The Hall–Kier alpha value is -0.610. The van der Waals surface area contributed by atoms with Crippen LogP contribution in [0.3, 0.4) is 0 Å². The molecule has 2 heterocycles. The molecule has 18 heavy (non-hydrogen) atoms. The molecule has 1 N–H and O–H groups in total. The van der Waals surface area contributed by atoms with Gasteiger partial charge in [-0.05, 0) is 51.1 Å². The third-order valence-corrected chi connectivity index (χ3v) is 4.85. The van der Waals surface area contributed by atoms with Gasteiger partial charge in [0.2, 0.25) is 5.91 Å². The summed E-state index contributed by atoms with van der Waals surface area (Å²) in [6.45, 7) is 6.70. The molecule has 1 saturated carbocycles. The standard InChI is InChI=1S/C14H24N2O2/c1-11-10-16(7-2-8-18-11)13(17)12-9-14(12)3-5-15-6-4-14/h11-12,15H,2-10H2,1H3. The molecule has 102 valence electrons. The molecule has 0 bridgehead atoms. The van der Waals surface area contributed by atoms with E-state index in [0.717, 1.165) is 45.6 Å². The second-order valence-electron chi connectivity index (χ2n) is 6.19. The number of ether oxygens (including phenoxy) is 1. The maximum Gasteiger partial charge on any atom is 0.226 e. The summed E-state index contributed by atoms with van der Waals surface area (Å²) >= 11 is 0. The Morgan fingerprint density at radius 2 is 2.17 bits per heavy atom. The Morgan fingerprint density at radius 1 is 1.39 bits per heavy atom.